The van der Waals surface area contributed by atoms with Crippen molar-refractivity contribution in [3.05, 3.63) is 139 Å². The molecule has 0 unspecified atom stereocenters. The van der Waals surface area contributed by atoms with E-state index < -0.39 is 19.2 Å². The Bertz CT molecular complexity index is 2200. The molecule has 0 fully saturated rings. The minimum Gasteiger partial charge on any atom is -0.305 e. The summed E-state index contributed by atoms with van der Waals surface area (Å²) in [6.45, 7) is 5.95. The summed E-state index contributed by atoms with van der Waals surface area (Å²) in [6.07, 6.45) is 3.84. The second-order valence-corrected chi connectivity index (χ2v) is 24.4. The van der Waals surface area contributed by atoms with Gasteiger partial charge in [0.25, 0.3) is 0 Å². The predicted octanol–water partition coefficient (Wildman–Crippen LogP) is 11.2. The van der Waals surface area contributed by atoms with Crippen LogP contribution in [0.3, 0.4) is 0 Å². The third-order valence-corrected chi connectivity index (χ3v) is 13.8. The van der Waals surface area contributed by atoms with Crippen molar-refractivity contribution in [2.45, 2.75) is 43.9 Å². The molecule has 239 valence electrons. The Labute approximate surface area is 299 Å². The Kier molecular flexibility index (Phi) is 10.5. The van der Waals surface area contributed by atoms with Gasteiger partial charge in [0.2, 0.25) is 0 Å². The number of hydrogen-bond donors (Lipinski definition) is 0. The number of hydrogen-bond acceptors (Lipinski definition) is 3. The topological polar surface area (TPSA) is 25.8 Å². The van der Waals surface area contributed by atoms with E-state index in [2.05, 4.69) is 82.8 Å². The first-order valence-electron chi connectivity index (χ1n) is 15.9. The molecule has 4 aromatic carbocycles. The molecule has 0 spiro atoms. The van der Waals surface area contributed by atoms with E-state index in [4.69, 9.17) is 1.37 Å². The van der Waals surface area contributed by atoms with Gasteiger partial charge in [-0.1, -0.05) is 55.1 Å². The monoisotopic (exact) mass is 876 g/mol. The summed E-state index contributed by atoms with van der Waals surface area (Å²) in [5, 5.41) is 2.33. The van der Waals surface area contributed by atoms with Gasteiger partial charge >= 0.3 is 106 Å². The van der Waals surface area contributed by atoms with Gasteiger partial charge in [-0.3, -0.25) is 0 Å². The first-order chi connectivity index (χ1) is 22.4. The molecule has 0 aliphatic carbocycles. The van der Waals surface area contributed by atoms with E-state index in [1.807, 2.05) is 62.4 Å². The van der Waals surface area contributed by atoms with Crippen LogP contribution in [0.1, 0.15) is 32.2 Å². The first kappa shape index (κ1) is 33.4. The van der Waals surface area contributed by atoms with Crippen LogP contribution in [0, 0.1) is 24.9 Å². The van der Waals surface area contributed by atoms with Crippen LogP contribution in [0.25, 0.3) is 53.8 Å². The van der Waals surface area contributed by atoms with Gasteiger partial charge in [-0.15, -0.1) is 23.8 Å². The van der Waals surface area contributed by atoms with Crippen molar-refractivity contribution in [2.75, 3.05) is 0 Å². The molecule has 2 nitrogen and oxygen atoms in total. The van der Waals surface area contributed by atoms with E-state index in [1.54, 1.807) is 29.7 Å². The summed E-state index contributed by atoms with van der Waals surface area (Å²) in [5.74, 6) is 6.28. The number of aryl methyl sites for hydroxylation is 1. The van der Waals surface area contributed by atoms with Crippen molar-refractivity contribution in [2.24, 2.45) is 0 Å². The second-order valence-electron chi connectivity index (χ2n) is 12.8. The molecule has 6 heteroatoms. The zero-order valence-electron chi connectivity index (χ0n) is 28.4. The van der Waals surface area contributed by atoms with E-state index in [1.165, 1.54) is 21.4 Å². The van der Waals surface area contributed by atoms with Crippen LogP contribution in [0.15, 0.2) is 109 Å². The summed E-state index contributed by atoms with van der Waals surface area (Å²) < 4.78 is 25.8. The van der Waals surface area contributed by atoms with Crippen LogP contribution >= 0.6 is 11.3 Å². The molecule has 0 N–H and O–H groups in total. The van der Waals surface area contributed by atoms with Crippen molar-refractivity contribution in [3.8, 4) is 33.6 Å². The molecule has 3 aromatic heterocycles. The maximum atomic E-state index is 13.7. The quantitative estimate of drug-likeness (QED) is 0.127. The summed E-state index contributed by atoms with van der Waals surface area (Å²) in [5.41, 5.74) is 8.04. The standard InChI is InChI=1S/C26H19FNS.C15H18GeN.Ir/c1-16(2)17-11-12-28-24(14-17)23-8-4-7-22-21-10-9-19(15-25(21)29-26(22)23)18-5-3-6-20(27)13-18;1-12-10-15(13-8-6-5-7-9-13)17-11-14(12)16(2,3)4;/h3-7,9-16H,1-2H3;5-8,10-11H,1-4H3;/q2*-1;/i16D;;. The van der Waals surface area contributed by atoms with Gasteiger partial charge in [-0.2, -0.15) is 11.3 Å². The number of benzene rings is 4. The molecule has 7 rings (SSSR count). The van der Waals surface area contributed by atoms with Crippen LogP contribution in [-0.2, 0) is 20.1 Å². The zero-order chi connectivity index (χ0) is 33.3. The van der Waals surface area contributed by atoms with Crippen LogP contribution < -0.4 is 4.40 Å². The van der Waals surface area contributed by atoms with Gasteiger partial charge < -0.3 is 4.98 Å². The van der Waals surface area contributed by atoms with E-state index >= 15 is 0 Å². The van der Waals surface area contributed by atoms with Gasteiger partial charge in [-0.25, -0.2) is 4.39 Å². The SMILES string of the molecule is Cc1cc(-c2[c-]cccc2)nc[c]1[Ge]([CH3])([CH3])[CH3].[2H]C(C)(C)c1ccnc(-c2[c-]ccc3c2sc2cc(-c4cccc(F)c4)ccc23)c1.[Ir]. The third kappa shape index (κ3) is 7.82. The smallest absolute Gasteiger partial charge is 0.123 e. The molecule has 0 aliphatic rings. The Morgan fingerprint density at radius 3 is 2.32 bits per heavy atom. The number of fused-ring (bicyclic) bond motifs is 3. The number of halogens is 1. The molecule has 1 radical (unpaired) electrons. The largest absolute Gasteiger partial charge is 0.305 e. The number of thiophene rings is 1. The average Bonchev–Trinajstić information content (AvgIpc) is 3.43. The van der Waals surface area contributed by atoms with Gasteiger partial charge in [0.05, 0.1) is 0 Å². The fourth-order valence-electron chi connectivity index (χ4n) is 5.70. The average molecular weight is 875 g/mol. The van der Waals surface area contributed by atoms with E-state index in [0.717, 1.165) is 54.0 Å². The van der Waals surface area contributed by atoms with Crippen molar-refractivity contribution < 1.29 is 25.9 Å². The Morgan fingerprint density at radius 1 is 0.809 bits per heavy atom. The number of aromatic nitrogens is 2. The van der Waals surface area contributed by atoms with Crippen molar-refractivity contribution in [3.63, 3.8) is 0 Å². The van der Waals surface area contributed by atoms with E-state index in [9.17, 15) is 4.39 Å². The maximum absolute atomic E-state index is 13.7. The predicted molar refractivity (Wildman–Crippen MR) is 197 cm³/mol. The number of pyridine rings is 2. The van der Waals surface area contributed by atoms with Gasteiger partial charge in [-0.05, 0) is 57.1 Å². The summed E-state index contributed by atoms with van der Waals surface area (Å²) in [4.78, 5) is 9.16. The van der Waals surface area contributed by atoms with Gasteiger partial charge in [0.15, 0.2) is 0 Å². The Hall–Kier alpha value is -3.48. The first-order valence-corrected chi connectivity index (χ1v) is 23.6. The fourth-order valence-corrected chi connectivity index (χ4v) is 10.5. The van der Waals surface area contributed by atoms with Crippen molar-refractivity contribution >= 4 is 49.2 Å². The summed E-state index contributed by atoms with van der Waals surface area (Å²) in [7, 11) is 0. The summed E-state index contributed by atoms with van der Waals surface area (Å²) in [6, 6.07) is 37.6. The molecular weight excluding hydrogens is 836 g/mol. The molecule has 0 atom stereocenters. The molecule has 47 heavy (non-hydrogen) atoms. The molecule has 3 heterocycles. The normalized spacial score (nSPS) is 11.9. The van der Waals surface area contributed by atoms with E-state index in [-0.39, 0.29) is 25.9 Å². The zero-order valence-corrected chi connectivity index (χ0v) is 32.7. The molecule has 7 aromatic rings. The van der Waals surface area contributed by atoms with Crippen molar-refractivity contribution in [1.29, 1.82) is 0 Å². The molecular formula is C41H37FGeIrN2S-2. The maximum Gasteiger partial charge on any atom is 0.123 e. The van der Waals surface area contributed by atoms with Crippen LogP contribution in [-0.4, -0.2) is 23.2 Å². The Morgan fingerprint density at radius 2 is 1.62 bits per heavy atom. The number of rotatable bonds is 5. The third-order valence-electron chi connectivity index (χ3n) is 8.09. The molecule has 0 amide bonds. The van der Waals surface area contributed by atoms with E-state index in [0.29, 0.717) is 0 Å². The minimum atomic E-state index is -1.77. The van der Waals surface area contributed by atoms with Gasteiger partial charge in [0, 0.05) is 32.4 Å². The van der Waals surface area contributed by atoms with Crippen LogP contribution in [0.5, 0.6) is 0 Å². The molecule has 0 bridgehead atoms. The van der Waals surface area contributed by atoms with Crippen LogP contribution in [0.4, 0.5) is 4.39 Å². The second kappa shape index (κ2) is 14.7. The minimum absolute atomic E-state index is 0. The van der Waals surface area contributed by atoms with Crippen molar-refractivity contribution in [1.82, 2.24) is 9.97 Å². The fraction of sp³-hybridized carbons (Fsp3) is 0.171. The van der Waals surface area contributed by atoms with Crippen LogP contribution in [0.2, 0.25) is 17.3 Å². The molecule has 0 saturated carbocycles. The number of nitrogens with zero attached hydrogens (tertiary/aromatic N) is 2. The Balaban J connectivity index is 0.000000214. The molecule has 0 aliphatic heterocycles. The molecule has 0 saturated heterocycles. The summed E-state index contributed by atoms with van der Waals surface area (Å²) >= 11 is -0.0750. The van der Waals surface area contributed by atoms with Gasteiger partial charge in [0.1, 0.15) is 5.82 Å².